The second kappa shape index (κ2) is 7.75. The predicted molar refractivity (Wildman–Crippen MR) is 105 cm³/mol. The Morgan fingerprint density at radius 3 is 2.74 bits per heavy atom. The summed E-state index contributed by atoms with van der Waals surface area (Å²) < 4.78 is 0. The van der Waals surface area contributed by atoms with Gasteiger partial charge in [0.25, 0.3) is 5.91 Å². The third-order valence-corrected chi connectivity index (χ3v) is 5.24. The third kappa shape index (κ3) is 3.93. The number of hydrogen-bond donors (Lipinski definition) is 3. The molecule has 140 valence electrons. The van der Waals surface area contributed by atoms with Crippen molar-refractivity contribution in [1.82, 2.24) is 20.3 Å². The SMILES string of the molecule is NC(=O)c1cnc(N2CCC(CNCc3cccc4cc[nH]c34)CC2)nc1. The number of aromatic nitrogens is 3. The number of carbonyl (C=O) groups is 1. The molecule has 0 atom stereocenters. The van der Waals surface area contributed by atoms with Crippen LogP contribution >= 0.6 is 0 Å². The number of amides is 1. The quantitative estimate of drug-likeness (QED) is 0.622. The van der Waals surface area contributed by atoms with Gasteiger partial charge in [-0.15, -0.1) is 0 Å². The summed E-state index contributed by atoms with van der Waals surface area (Å²) in [6.45, 7) is 3.73. The van der Waals surface area contributed by atoms with Gasteiger partial charge in [0.1, 0.15) is 0 Å². The molecule has 3 aromatic rings. The Bertz CT molecular complexity index is 912. The molecule has 27 heavy (non-hydrogen) atoms. The first-order valence-corrected chi connectivity index (χ1v) is 9.33. The van der Waals surface area contributed by atoms with Gasteiger partial charge in [-0.1, -0.05) is 18.2 Å². The van der Waals surface area contributed by atoms with Crippen LogP contribution in [0, 0.1) is 5.92 Å². The minimum Gasteiger partial charge on any atom is -0.366 e. The molecule has 0 bridgehead atoms. The van der Waals surface area contributed by atoms with Crippen LogP contribution in [-0.2, 0) is 6.54 Å². The van der Waals surface area contributed by atoms with Gasteiger partial charge in [-0.2, -0.15) is 0 Å². The van der Waals surface area contributed by atoms with Crippen molar-refractivity contribution in [3.8, 4) is 0 Å². The molecule has 1 fully saturated rings. The molecule has 4 rings (SSSR count). The summed E-state index contributed by atoms with van der Waals surface area (Å²) in [6.07, 6.45) is 7.18. The Hall–Kier alpha value is -2.93. The number of nitrogens with two attached hydrogens (primary N) is 1. The van der Waals surface area contributed by atoms with Crippen LogP contribution in [-0.4, -0.2) is 40.5 Å². The highest BCUT2D eigenvalue weighted by atomic mass is 16.1. The molecule has 3 heterocycles. The van der Waals surface area contributed by atoms with Gasteiger partial charge in [-0.25, -0.2) is 9.97 Å². The number of piperidine rings is 1. The Morgan fingerprint density at radius 2 is 2.00 bits per heavy atom. The van der Waals surface area contributed by atoms with E-state index < -0.39 is 5.91 Å². The van der Waals surface area contributed by atoms with Crippen molar-refractivity contribution in [3.05, 3.63) is 54.0 Å². The van der Waals surface area contributed by atoms with Crippen LogP contribution in [0.4, 0.5) is 5.95 Å². The van der Waals surface area contributed by atoms with Crippen LogP contribution < -0.4 is 16.0 Å². The van der Waals surface area contributed by atoms with Crippen LogP contribution in [0.1, 0.15) is 28.8 Å². The molecular weight excluding hydrogens is 340 g/mol. The molecule has 2 aromatic heterocycles. The van der Waals surface area contributed by atoms with Crippen molar-refractivity contribution in [2.75, 3.05) is 24.5 Å². The maximum Gasteiger partial charge on any atom is 0.251 e. The molecular formula is C20H24N6O. The summed E-state index contributed by atoms with van der Waals surface area (Å²) in [5, 5.41) is 4.86. The highest BCUT2D eigenvalue weighted by Crippen LogP contribution is 2.21. The number of aromatic amines is 1. The van der Waals surface area contributed by atoms with E-state index in [4.69, 9.17) is 5.73 Å². The lowest BCUT2D eigenvalue weighted by atomic mass is 9.97. The van der Waals surface area contributed by atoms with Crippen molar-refractivity contribution < 1.29 is 4.79 Å². The number of rotatable bonds is 6. The summed E-state index contributed by atoms with van der Waals surface area (Å²) >= 11 is 0. The Kier molecular flexibility index (Phi) is 5.02. The van der Waals surface area contributed by atoms with Gasteiger partial charge in [-0.3, -0.25) is 4.79 Å². The van der Waals surface area contributed by atoms with E-state index >= 15 is 0 Å². The maximum absolute atomic E-state index is 11.1. The van der Waals surface area contributed by atoms with Crippen molar-refractivity contribution in [1.29, 1.82) is 0 Å². The number of H-pyrrole nitrogens is 1. The van der Waals surface area contributed by atoms with E-state index in [0.717, 1.165) is 39.0 Å². The number of fused-ring (bicyclic) bond motifs is 1. The van der Waals surface area contributed by atoms with Crippen LogP contribution in [0.5, 0.6) is 0 Å². The predicted octanol–water partition coefficient (Wildman–Crippen LogP) is 2.06. The van der Waals surface area contributed by atoms with Crippen molar-refractivity contribution in [3.63, 3.8) is 0 Å². The van der Waals surface area contributed by atoms with Gasteiger partial charge < -0.3 is 20.9 Å². The summed E-state index contributed by atoms with van der Waals surface area (Å²) in [5.41, 5.74) is 8.10. The van der Waals surface area contributed by atoms with Gasteiger partial charge >= 0.3 is 0 Å². The fourth-order valence-electron chi connectivity index (χ4n) is 3.66. The van der Waals surface area contributed by atoms with E-state index in [9.17, 15) is 4.79 Å². The van der Waals surface area contributed by atoms with Crippen molar-refractivity contribution in [2.24, 2.45) is 11.7 Å². The topological polar surface area (TPSA) is 99.9 Å². The van der Waals surface area contributed by atoms with Crippen LogP contribution in [0.15, 0.2) is 42.9 Å². The lowest BCUT2D eigenvalue weighted by Crippen LogP contribution is -2.38. The molecule has 0 radical (unpaired) electrons. The molecule has 4 N–H and O–H groups in total. The van der Waals surface area contributed by atoms with Crippen LogP contribution in [0.25, 0.3) is 10.9 Å². The molecule has 7 heteroatoms. The lowest BCUT2D eigenvalue weighted by Gasteiger charge is -2.32. The van der Waals surface area contributed by atoms with E-state index in [1.807, 2.05) is 6.20 Å². The molecule has 0 spiro atoms. The first-order chi connectivity index (χ1) is 13.2. The molecule has 1 aromatic carbocycles. The van der Waals surface area contributed by atoms with E-state index in [1.165, 1.54) is 28.9 Å². The number of benzene rings is 1. The number of anilines is 1. The third-order valence-electron chi connectivity index (χ3n) is 5.24. The second-order valence-electron chi connectivity index (χ2n) is 7.06. The van der Waals surface area contributed by atoms with E-state index in [2.05, 4.69) is 49.4 Å². The first-order valence-electron chi connectivity index (χ1n) is 9.33. The monoisotopic (exact) mass is 364 g/mol. The number of para-hydroxylation sites is 1. The average Bonchev–Trinajstić information content (AvgIpc) is 3.18. The van der Waals surface area contributed by atoms with Gasteiger partial charge in [-0.05, 0) is 42.3 Å². The molecule has 1 amide bonds. The largest absolute Gasteiger partial charge is 0.366 e. The highest BCUT2D eigenvalue weighted by Gasteiger charge is 2.21. The minimum absolute atomic E-state index is 0.343. The fourth-order valence-corrected chi connectivity index (χ4v) is 3.66. The first kappa shape index (κ1) is 17.5. The Labute approximate surface area is 158 Å². The fraction of sp³-hybridized carbons (Fsp3) is 0.350. The second-order valence-corrected chi connectivity index (χ2v) is 7.06. The Balaban J connectivity index is 1.26. The summed E-state index contributed by atoms with van der Waals surface area (Å²) in [6, 6.07) is 8.51. The smallest absolute Gasteiger partial charge is 0.251 e. The minimum atomic E-state index is -0.499. The molecule has 0 aliphatic carbocycles. The number of hydrogen-bond acceptors (Lipinski definition) is 5. The number of nitrogens with one attached hydrogen (secondary N) is 2. The molecule has 1 aliphatic heterocycles. The normalized spacial score (nSPS) is 15.3. The zero-order valence-electron chi connectivity index (χ0n) is 15.2. The zero-order chi connectivity index (χ0) is 18.6. The van der Waals surface area contributed by atoms with Crippen LogP contribution in [0.2, 0.25) is 0 Å². The highest BCUT2D eigenvalue weighted by molar-refractivity contribution is 5.92. The molecule has 1 saturated heterocycles. The lowest BCUT2D eigenvalue weighted by molar-refractivity contribution is 0.0999. The Morgan fingerprint density at radius 1 is 1.22 bits per heavy atom. The maximum atomic E-state index is 11.1. The van der Waals surface area contributed by atoms with Gasteiger partial charge in [0, 0.05) is 43.7 Å². The molecule has 1 aliphatic rings. The summed E-state index contributed by atoms with van der Waals surface area (Å²) in [5.74, 6) is 0.820. The summed E-state index contributed by atoms with van der Waals surface area (Å²) in [4.78, 5) is 25.1. The van der Waals surface area contributed by atoms with Gasteiger partial charge in [0.15, 0.2) is 0 Å². The van der Waals surface area contributed by atoms with E-state index in [1.54, 1.807) is 0 Å². The summed E-state index contributed by atoms with van der Waals surface area (Å²) in [7, 11) is 0. The molecule has 7 nitrogen and oxygen atoms in total. The number of primary amides is 1. The van der Waals surface area contributed by atoms with Crippen molar-refractivity contribution in [2.45, 2.75) is 19.4 Å². The average molecular weight is 364 g/mol. The van der Waals surface area contributed by atoms with Gasteiger partial charge in [0.2, 0.25) is 5.95 Å². The van der Waals surface area contributed by atoms with Crippen LogP contribution in [0.3, 0.4) is 0 Å². The van der Waals surface area contributed by atoms with Gasteiger partial charge in [0.05, 0.1) is 5.56 Å². The standard InChI is InChI=1S/C20H24N6O/c21-19(27)17-12-24-20(25-13-17)26-8-5-14(6-9-26)10-22-11-16-3-1-2-15-4-7-23-18(15)16/h1-4,7,12-14,22-23H,5-6,8-11H2,(H2,21,27). The van der Waals surface area contributed by atoms with Crippen molar-refractivity contribution >= 4 is 22.8 Å². The van der Waals surface area contributed by atoms with E-state index in [0.29, 0.717) is 17.4 Å². The molecule has 0 unspecified atom stereocenters. The zero-order valence-corrected chi connectivity index (χ0v) is 15.2. The van der Waals surface area contributed by atoms with E-state index in [-0.39, 0.29) is 0 Å². The number of nitrogens with zero attached hydrogens (tertiary/aromatic N) is 3. The number of carbonyl (C=O) groups excluding carboxylic acids is 1. The molecule has 0 saturated carbocycles.